The molecule has 1 fully saturated rings. The second-order valence-electron chi connectivity index (χ2n) is 5.19. The van der Waals surface area contributed by atoms with E-state index in [4.69, 9.17) is 15.2 Å². The molecule has 5 nitrogen and oxygen atoms in total. The fourth-order valence-corrected chi connectivity index (χ4v) is 1.49. The summed E-state index contributed by atoms with van der Waals surface area (Å²) in [5.41, 5.74) is 4.88. The predicted molar refractivity (Wildman–Crippen MR) is 61.0 cm³/mol. The molecule has 1 aliphatic heterocycles. The molecule has 1 rings (SSSR count). The van der Waals surface area contributed by atoms with Crippen LogP contribution in [0.15, 0.2) is 0 Å². The molecule has 16 heavy (non-hydrogen) atoms. The van der Waals surface area contributed by atoms with Crippen LogP contribution >= 0.6 is 0 Å². The number of amides is 1. The van der Waals surface area contributed by atoms with Gasteiger partial charge in [0, 0.05) is 19.7 Å². The molecule has 3 N–H and O–H groups in total. The van der Waals surface area contributed by atoms with E-state index in [1.54, 1.807) is 7.11 Å². The lowest BCUT2D eigenvalue weighted by Gasteiger charge is -2.29. The van der Waals surface area contributed by atoms with E-state index in [9.17, 15) is 4.79 Å². The highest BCUT2D eigenvalue weighted by Gasteiger charge is 2.44. The fraction of sp³-hybridized carbons (Fsp3) is 0.909. The first-order chi connectivity index (χ1) is 7.32. The first-order valence-corrected chi connectivity index (χ1v) is 5.48. The molecule has 2 atom stereocenters. The minimum Gasteiger partial charge on any atom is -0.379 e. The van der Waals surface area contributed by atoms with Gasteiger partial charge in [-0.05, 0) is 20.8 Å². The number of rotatable bonds is 4. The summed E-state index contributed by atoms with van der Waals surface area (Å²) in [7, 11) is 1.62. The van der Waals surface area contributed by atoms with E-state index in [0.29, 0.717) is 19.8 Å². The fourth-order valence-electron chi connectivity index (χ4n) is 1.49. The maximum Gasteiger partial charge on any atom is 0.230 e. The van der Waals surface area contributed by atoms with Gasteiger partial charge in [-0.25, -0.2) is 0 Å². The third-order valence-corrected chi connectivity index (χ3v) is 3.26. The van der Waals surface area contributed by atoms with Gasteiger partial charge in [-0.2, -0.15) is 0 Å². The molecule has 0 bridgehead atoms. The molecule has 0 aliphatic carbocycles. The van der Waals surface area contributed by atoms with Crippen molar-refractivity contribution in [3.8, 4) is 0 Å². The van der Waals surface area contributed by atoms with Crippen molar-refractivity contribution in [1.29, 1.82) is 0 Å². The number of methoxy groups -OCH3 is 1. The van der Waals surface area contributed by atoms with Gasteiger partial charge in [0.15, 0.2) is 0 Å². The van der Waals surface area contributed by atoms with E-state index >= 15 is 0 Å². The van der Waals surface area contributed by atoms with Gasteiger partial charge in [0.25, 0.3) is 0 Å². The van der Waals surface area contributed by atoms with E-state index in [0.717, 1.165) is 0 Å². The largest absolute Gasteiger partial charge is 0.379 e. The molecular weight excluding hydrogens is 208 g/mol. The summed E-state index contributed by atoms with van der Waals surface area (Å²) in [5.74, 6) is -0.0670. The Morgan fingerprint density at radius 1 is 1.69 bits per heavy atom. The third kappa shape index (κ3) is 2.72. The van der Waals surface area contributed by atoms with Gasteiger partial charge in [0.1, 0.15) is 0 Å². The van der Waals surface area contributed by atoms with Gasteiger partial charge in [0.05, 0.1) is 24.2 Å². The van der Waals surface area contributed by atoms with Crippen LogP contribution in [0.25, 0.3) is 0 Å². The first-order valence-electron chi connectivity index (χ1n) is 5.48. The van der Waals surface area contributed by atoms with Crippen molar-refractivity contribution in [3.63, 3.8) is 0 Å². The van der Waals surface area contributed by atoms with Crippen LogP contribution in [-0.4, -0.2) is 44.4 Å². The van der Waals surface area contributed by atoms with Crippen LogP contribution in [-0.2, 0) is 14.3 Å². The Bertz CT molecular complexity index is 268. The summed E-state index contributed by atoms with van der Waals surface area (Å²) < 4.78 is 10.5. The van der Waals surface area contributed by atoms with Crippen LogP contribution in [0.4, 0.5) is 0 Å². The van der Waals surface area contributed by atoms with Crippen molar-refractivity contribution >= 4 is 5.91 Å². The van der Waals surface area contributed by atoms with E-state index in [1.807, 2.05) is 20.8 Å². The van der Waals surface area contributed by atoms with Crippen LogP contribution in [0.2, 0.25) is 0 Å². The Balaban J connectivity index is 2.53. The number of ether oxygens (including phenoxy) is 2. The molecule has 0 spiro atoms. The normalized spacial score (nSPS) is 30.4. The van der Waals surface area contributed by atoms with Crippen molar-refractivity contribution in [2.24, 2.45) is 11.1 Å². The number of nitrogens with one attached hydrogen (secondary N) is 1. The quantitative estimate of drug-likeness (QED) is 0.707. The highest BCUT2D eigenvalue weighted by Crippen LogP contribution is 2.27. The molecule has 94 valence electrons. The number of hydrogen-bond donors (Lipinski definition) is 2. The first kappa shape index (κ1) is 13.4. The molecule has 1 amide bonds. The molecule has 1 heterocycles. The third-order valence-electron chi connectivity index (χ3n) is 3.26. The van der Waals surface area contributed by atoms with Gasteiger partial charge in [0.2, 0.25) is 5.91 Å². The summed E-state index contributed by atoms with van der Waals surface area (Å²) in [6, 6.07) is -0.238. The zero-order chi connectivity index (χ0) is 12.4. The van der Waals surface area contributed by atoms with Crippen molar-refractivity contribution in [2.45, 2.75) is 32.4 Å². The molecular formula is C11H22N2O3. The van der Waals surface area contributed by atoms with Crippen LogP contribution in [0.3, 0.4) is 0 Å². The van der Waals surface area contributed by atoms with E-state index in [1.165, 1.54) is 0 Å². The number of nitrogens with two attached hydrogens (primary N) is 1. The summed E-state index contributed by atoms with van der Waals surface area (Å²) in [6.45, 7) is 6.96. The Labute approximate surface area is 96.7 Å². The topological polar surface area (TPSA) is 73.6 Å². The van der Waals surface area contributed by atoms with Gasteiger partial charge < -0.3 is 20.5 Å². The van der Waals surface area contributed by atoms with Crippen molar-refractivity contribution in [1.82, 2.24) is 5.32 Å². The lowest BCUT2D eigenvalue weighted by molar-refractivity contribution is -0.132. The monoisotopic (exact) mass is 230 g/mol. The molecule has 1 saturated heterocycles. The van der Waals surface area contributed by atoms with Gasteiger partial charge in [-0.3, -0.25) is 4.79 Å². The standard InChI is InChI=1S/C11H22N2O3/c1-10(2,15-4)6-13-9(14)11(3)7-16-5-8(11)12/h8H,5-7,12H2,1-4H3,(H,13,14). The van der Waals surface area contributed by atoms with E-state index < -0.39 is 5.41 Å². The zero-order valence-electron chi connectivity index (χ0n) is 10.5. The minimum atomic E-state index is -0.621. The summed E-state index contributed by atoms with van der Waals surface area (Å²) >= 11 is 0. The SMILES string of the molecule is COC(C)(C)CNC(=O)C1(C)COCC1N. The molecule has 1 aliphatic rings. The maximum atomic E-state index is 12.0. The van der Waals surface area contributed by atoms with Gasteiger partial charge in [-0.1, -0.05) is 0 Å². The Kier molecular flexibility index (Phi) is 3.93. The van der Waals surface area contributed by atoms with Gasteiger partial charge >= 0.3 is 0 Å². The number of carbonyl (C=O) groups is 1. The van der Waals surface area contributed by atoms with Crippen LogP contribution in [0.5, 0.6) is 0 Å². The average Bonchev–Trinajstić information content (AvgIpc) is 2.57. The molecule has 5 heteroatoms. The second kappa shape index (κ2) is 4.69. The Hall–Kier alpha value is -0.650. The highest BCUT2D eigenvalue weighted by atomic mass is 16.5. The molecule has 0 aromatic carbocycles. The average molecular weight is 230 g/mol. The van der Waals surface area contributed by atoms with Crippen molar-refractivity contribution in [3.05, 3.63) is 0 Å². The highest BCUT2D eigenvalue weighted by molar-refractivity contribution is 5.83. The molecule has 0 aromatic heterocycles. The Morgan fingerprint density at radius 2 is 2.31 bits per heavy atom. The van der Waals surface area contributed by atoms with E-state index in [-0.39, 0.29) is 17.6 Å². The van der Waals surface area contributed by atoms with Gasteiger partial charge in [-0.15, -0.1) is 0 Å². The molecule has 0 aromatic rings. The second-order valence-corrected chi connectivity index (χ2v) is 5.19. The lowest BCUT2D eigenvalue weighted by atomic mass is 9.84. The van der Waals surface area contributed by atoms with Crippen LogP contribution in [0.1, 0.15) is 20.8 Å². The zero-order valence-corrected chi connectivity index (χ0v) is 10.5. The predicted octanol–water partition coefficient (Wildman–Crippen LogP) is -0.109. The summed E-state index contributed by atoms with van der Waals surface area (Å²) in [6.07, 6.45) is 0. The lowest BCUT2D eigenvalue weighted by Crippen LogP contribution is -2.52. The summed E-state index contributed by atoms with van der Waals surface area (Å²) in [5, 5.41) is 2.86. The van der Waals surface area contributed by atoms with Crippen molar-refractivity contribution in [2.75, 3.05) is 26.9 Å². The number of carbonyl (C=O) groups excluding carboxylic acids is 1. The summed E-state index contributed by atoms with van der Waals surface area (Å²) in [4.78, 5) is 12.0. The maximum absolute atomic E-state index is 12.0. The van der Waals surface area contributed by atoms with Crippen LogP contribution in [0, 0.1) is 5.41 Å². The van der Waals surface area contributed by atoms with E-state index in [2.05, 4.69) is 5.32 Å². The molecule has 0 saturated carbocycles. The molecule has 0 radical (unpaired) electrons. The van der Waals surface area contributed by atoms with Crippen LogP contribution < -0.4 is 11.1 Å². The van der Waals surface area contributed by atoms with Crippen molar-refractivity contribution < 1.29 is 14.3 Å². The number of hydrogen-bond acceptors (Lipinski definition) is 4. The minimum absolute atomic E-state index is 0.0670. The Morgan fingerprint density at radius 3 is 2.75 bits per heavy atom. The smallest absolute Gasteiger partial charge is 0.230 e. The molecule has 2 unspecified atom stereocenters.